The van der Waals surface area contributed by atoms with Gasteiger partial charge in [0.25, 0.3) is 5.91 Å². The minimum Gasteiger partial charge on any atom is -0.444 e. The summed E-state index contributed by atoms with van der Waals surface area (Å²) >= 11 is 0. The van der Waals surface area contributed by atoms with Crippen LogP contribution in [0.15, 0.2) is 36.5 Å². The molecule has 0 bridgehead atoms. The average molecular weight is 455 g/mol. The number of ether oxygens (including phenoxy) is 1. The Morgan fingerprint density at radius 2 is 1.82 bits per heavy atom. The number of aromatic nitrogens is 3. The zero-order chi connectivity index (χ0) is 23.8. The van der Waals surface area contributed by atoms with Crippen LogP contribution >= 0.6 is 0 Å². The van der Waals surface area contributed by atoms with Crippen LogP contribution in [0.2, 0.25) is 0 Å². The molecule has 1 N–H and O–H groups in total. The predicted octanol–water partition coefficient (Wildman–Crippen LogP) is 3.42. The third-order valence-electron chi connectivity index (χ3n) is 5.31. The fourth-order valence-corrected chi connectivity index (χ4v) is 3.70. The number of nitrogens with zero attached hydrogens (tertiary/aromatic N) is 5. The molecule has 0 spiro atoms. The maximum Gasteiger partial charge on any atom is 0.410 e. The number of halogens is 1. The lowest BCUT2D eigenvalue weighted by Gasteiger charge is -2.36. The van der Waals surface area contributed by atoms with E-state index in [1.165, 1.54) is 16.8 Å². The lowest BCUT2D eigenvalue weighted by atomic mass is 10.2. The van der Waals surface area contributed by atoms with E-state index in [1.54, 1.807) is 30.3 Å². The van der Waals surface area contributed by atoms with E-state index in [4.69, 9.17) is 4.74 Å². The Bertz CT molecular complexity index is 1180. The summed E-state index contributed by atoms with van der Waals surface area (Å²) in [5, 5.41) is 7.38. The van der Waals surface area contributed by atoms with Crippen molar-refractivity contribution in [1.29, 1.82) is 0 Å². The van der Waals surface area contributed by atoms with Crippen LogP contribution in [-0.4, -0.2) is 63.4 Å². The van der Waals surface area contributed by atoms with Gasteiger partial charge in [-0.1, -0.05) is 0 Å². The van der Waals surface area contributed by atoms with Gasteiger partial charge < -0.3 is 19.9 Å². The molecule has 3 heterocycles. The van der Waals surface area contributed by atoms with E-state index in [9.17, 15) is 14.0 Å². The van der Waals surface area contributed by atoms with Crippen molar-refractivity contribution in [1.82, 2.24) is 19.7 Å². The molecule has 2 aromatic heterocycles. The van der Waals surface area contributed by atoms with Crippen LogP contribution in [0.25, 0.3) is 10.9 Å². The SMILES string of the molecule is Cn1nc(C(=O)Nc2ccc(N3CCN(C(=O)OC(C)(C)C)CC3)cn2)c2cc(F)ccc21. The van der Waals surface area contributed by atoms with E-state index >= 15 is 0 Å². The van der Waals surface area contributed by atoms with Crippen LogP contribution < -0.4 is 10.2 Å². The molecule has 1 fully saturated rings. The number of carbonyl (C=O) groups is 2. The topological polar surface area (TPSA) is 92.6 Å². The first kappa shape index (κ1) is 22.5. The molecule has 3 aromatic rings. The molecular weight excluding hydrogens is 427 g/mol. The quantitative estimate of drug-likeness (QED) is 0.652. The highest BCUT2D eigenvalue weighted by atomic mass is 19.1. The Labute approximate surface area is 191 Å². The second kappa shape index (κ2) is 8.68. The van der Waals surface area contributed by atoms with E-state index in [0.717, 1.165) is 5.69 Å². The van der Waals surface area contributed by atoms with E-state index < -0.39 is 17.3 Å². The summed E-state index contributed by atoms with van der Waals surface area (Å²) in [6, 6.07) is 7.79. The number of hydrogen-bond donors (Lipinski definition) is 1. The summed E-state index contributed by atoms with van der Waals surface area (Å²) in [5.41, 5.74) is 1.17. The molecule has 33 heavy (non-hydrogen) atoms. The minimum atomic E-state index is -0.520. The fraction of sp³-hybridized carbons (Fsp3) is 0.391. The van der Waals surface area contributed by atoms with Crippen LogP contribution in [0.5, 0.6) is 0 Å². The van der Waals surface area contributed by atoms with Crippen LogP contribution in [0.4, 0.5) is 20.7 Å². The molecule has 2 amide bonds. The summed E-state index contributed by atoms with van der Waals surface area (Å²) in [7, 11) is 1.70. The second-order valence-electron chi connectivity index (χ2n) is 8.94. The molecule has 0 aliphatic carbocycles. The first-order chi connectivity index (χ1) is 15.6. The minimum absolute atomic E-state index is 0.135. The number of rotatable bonds is 3. The zero-order valence-corrected chi connectivity index (χ0v) is 19.1. The zero-order valence-electron chi connectivity index (χ0n) is 19.1. The van der Waals surface area contributed by atoms with E-state index in [1.807, 2.05) is 26.8 Å². The van der Waals surface area contributed by atoms with Gasteiger partial charge in [0.05, 0.1) is 17.4 Å². The molecule has 0 saturated carbocycles. The summed E-state index contributed by atoms with van der Waals surface area (Å²) < 4.78 is 20.6. The van der Waals surface area contributed by atoms with Crippen LogP contribution in [-0.2, 0) is 11.8 Å². The lowest BCUT2D eigenvalue weighted by Crippen LogP contribution is -2.50. The monoisotopic (exact) mass is 454 g/mol. The number of benzene rings is 1. The average Bonchev–Trinajstić information content (AvgIpc) is 3.09. The van der Waals surface area contributed by atoms with E-state index in [2.05, 4.69) is 20.3 Å². The van der Waals surface area contributed by atoms with Crippen molar-refractivity contribution >= 4 is 34.4 Å². The first-order valence-corrected chi connectivity index (χ1v) is 10.7. The Morgan fingerprint density at radius 3 is 2.45 bits per heavy atom. The summed E-state index contributed by atoms with van der Waals surface area (Å²) in [4.78, 5) is 33.1. The van der Waals surface area contributed by atoms with Gasteiger partial charge >= 0.3 is 6.09 Å². The third-order valence-corrected chi connectivity index (χ3v) is 5.31. The van der Waals surface area contributed by atoms with Crippen LogP contribution in [0.1, 0.15) is 31.3 Å². The molecule has 10 heteroatoms. The van der Waals surface area contributed by atoms with Crippen LogP contribution in [0.3, 0.4) is 0 Å². The molecule has 0 radical (unpaired) electrons. The van der Waals surface area contributed by atoms with Crippen molar-refractivity contribution in [3.8, 4) is 0 Å². The number of pyridine rings is 1. The molecule has 4 rings (SSSR count). The van der Waals surface area contributed by atoms with Crippen molar-refractivity contribution in [2.45, 2.75) is 26.4 Å². The summed E-state index contributed by atoms with van der Waals surface area (Å²) in [6.07, 6.45) is 1.37. The molecule has 9 nitrogen and oxygen atoms in total. The number of amides is 2. The molecule has 174 valence electrons. The van der Waals surface area contributed by atoms with Gasteiger partial charge in [0, 0.05) is 38.6 Å². The number of hydrogen-bond acceptors (Lipinski definition) is 6. The van der Waals surface area contributed by atoms with Gasteiger partial charge in [-0.05, 0) is 51.1 Å². The highest BCUT2D eigenvalue weighted by Crippen LogP contribution is 2.22. The van der Waals surface area contributed by atoms with Gasteiger partial charge in [0.1, 0.15) is 17.2 Å². The Kier molecular flexibility index (Phi) is 5.92. The van der Waals surface area contributed by atoms with Gasteiger partial charge in [-0.3, -0.25) is 9.48 Å². The Morgan fingerprint density at radius 1 is 1.09 bits per heavy atom. The molecule has 0 atom stereocenters. The number of aryl methyl sites for hydroxylation is 1. The number of anilines is 2. The number of piperazine rings is 1. The molecule has 0 unspecified atom stereocenters. The van der Waals surface area contributed by atoms with E-state index in [-0.39, 0.29) is 11.8 Å². The van der Waals surface area contributed by atoms with Crippen molar-refractivity contribution in [2.24, 2.45) is 7.05 Å². The largest absolute Gasteiger partial charge is 0.444 e. The second-order valence-corrected chi connectivity index (χ2v) is 8.94. The van der Waals surface area contributed by atoms with Crippen molar-refractivity contribution < 1.29 is 18.7 Å². The van der Waals surface area contributed by atoms with Crippen molar-refractivity contribution in [3.63, 3.8) is 0 Å². The molecule has 1 aliphatic heterocycles. The molecule has 1 aliphatic rings. The summed E-state index contributed by atoms with van der Waals surface area (Å²) in [6.45, 7) is 7.95. The van der Waals surface area contributed by atoms with Gasteiger partial charge in [-0.15, -0.1) is 0 Å². The van der Waals surface area contributed by atoms with Crippen molar-refractivity contribution in [2.75, 3.05) is 36.4 Å². The van der Waals surface area contributed by atoms with Crippen LogP contribution in [0, 0.1) is 5.82 Å². The highest BCUT2D eigenvalue weighted by molar-refractivity contribution is 6.10. The Hall–Kier alpha value is -3.69. The normalized spacial score (nSPS) is 14.5. The maximum absolute atomic E-state index is 13.7. The van der Waals surface area contributed by atoms with E-state index in [0.29, 0.717) is 42.9 Å². The molecule has 1 aromatic carbocycles. The maximum atomic E-state index is 13.7. The van der Waals surface area contributed by atoms with Gasteiger partial charge in [-0.2, -0.15) is 5.10 Å². The molecular formula is C23H27FN6O3. The number of nitrogens with one attached hydrogen (secondary N) is 1. The van der Waals surface area contributed by atoms with Crippen molar-refractivity contribution in [3.05, 3.63) is 48.0 Å². The predicted molar refractivity (Wildman–Crippen MR) is 123 cm³/mol. The van der Waals surface area contributed by atoms with Gasteiger partial charge in [-0.25, -0.2) is 14.2 Å². The Balaban J connectivity index is 1.38. The first-order valence-electron chi connectivity index (χ1n) is 10.7. The fourth-order valence-electron chi connectivity index (χ4n) is 3.70. The van der Waals surface area contributed by atoms with Gasteiger partial charge in [0.2, 0.25) is 0 Å². The summed E-state index contributed by atoms with van der Waals surface area (Å²) in [5.74, 6) is -0.525. The third kappa shape index (κ3) is 5.05. The highest BCUT2D eigenvalue weighted by Gasteiger charge is 2.26. The number of carbonyl (C=O) groups excluding carboxylic acids is 2. The lowest BCUT2D eigenvalue weighted by molar-refractivity contribution is 0.0240. The smallest absolute Gasteiger partial charge is 0.410 e. The van der Waals surface area contributed by atoms with Gasteiger partial charge in [0.15, 0.2) is 5.69 Å². The molecule has 1 saturated heterocycles. The standard InChI is InChI=1S/C23H27FN6O3/c1-23(2,3)33-22(32)30-11-9-29(10-12-30)16-6-8-19(25-14-16)26-21(31)20-17-13-15(24)5-7-18(17)28(4)27-20/h5-8,13-14H,9-12H2,1-4H3,(H,25,26,31). The number of fused-ring (bicyclic) bond motifs is 1.